The van der Waals surface area contributed by atoms with Crippen molar-refractivity contribution in [2.24, 2.45) is 0 Å². The average molecular weight is 466 g/mol. The van der Waals surface area contributed by atoms with Crippen molar-refractivity contribution in [2.45, 2.75) is 6.54 Å². The summed E-state index contributed by atoms with van der Waals surface area (Å²) < 4.78 is 1.36. The molecule has 3 heterocycles. The molecule has 0 saturated carbocycles. The Bertz CT molecular complexity index is 1330. The third kappa shape index (κ3) is 4.17. The molecule has 0 radical (unpaired) electrons. The summed E-state index contributed by atoms with van der Waals surface area (Å²) >= 11 is 7.58. The quantitative estimate of drug-likeness (QED) is 0.462. The summed E-state index contributed by atoms with van der Waals surface area (Å²) in [6.45, 7) is 3.16. The van der Waals surface area contributed by atoms with Crippen LogP contribution in [0.1, 0.15) is 16.1 Å². The SMILES string of the molecule is O=C(c1ccccc1Cl)N1CCN(Cc2cc(=O)n3nc(-c4ccccc4)sc3n2)CC1. The van der Waals surface area contributed by atoms with Gasteiger partial charge < -0.3 is 4.90 Å². The van der Waals surface area contributed by atoms with Crippen molar-refractivity contribution in [1.29, 1.82) is 0 Å². The van der Waals surface area contributed by atoms with Crippen LogP contribution in [0.2, 0.25) is 5.02 Å². The number of aromatic nitrogens is 3. The highest BCUT2D eigenvalue weighted by molar-refractivity contribution is 7.19. The van der Waals surface area contributed by atoms with E-state index in [0.717, 1.165) is 10.6 Å². The molecule has 0 N–H and O–H groups in total. The Kier molecular flexibility index (Phi) is 5.73. The van der Waals surface area contributed by atoms with Gasteiger partial charge in [-0.05, 0) is 12.1 Å². The maximum Gasteiger partial charge on any atom is 0.275 e. The second kappa shape index (κ2) is 8.82. The minimum Gasteiger partial charge on any atom is -0.336 e. The fourth-order valence-electron chi connectivity index (χ4n) is 3.78. The van der Waals surface area contributed by atoms with Gasteiger partial charge in [0.15, 0.2) is 0 Å². The van der Waals surface area contributed by atoms with E-state index in [2.05, 4.69) is 15.0 Å². The minimum absolute atomic E-state index is 0.0499. The molecule has 162 valence electrons. The summed E-state index contributed by atoms with van der Waals surface area (Å²) in [4.78, 5) is 34.6. The van der Waals surface area contributed by atoms with Crippen molar-refractivity contribution < 1.29 is 4.79 Å². The molecule has 0 unspecified atom stereocenters. The van der Waals surface area contributed by atoms with Crippen LogP contribution in [0.3, 0.4) is 0 Å². The minimum atomic E-state index is -0.184. The topological polar surface area (TPSA) is 70.8 Å². The first-order valence-electron chi connectivity index (χ1n) is 10.3. The summed E-state index contributed by atoms with van der Waals surface area (Å²) in [5.74, 6) is -0.0499. The van der Waals surface area contributed by atoms with Crippen molar-refractivity contribution in [2.75, 3.05) is 26.2 Å². The molecule has 2 aromatic heterocycles. The first kappa shape index (κ1) is 20.8. The van der Waals surface area contributed by atoms with Gasteiger partial charge in [0, 0.05) is 44.4 Å². The number of benzene rings is 2. The second-order valence-corrected chi connectivity index (χ2v) is 8.96. The lowest BCUT2D eigenvalue weighted by atomic mass is 10.1. The van der Waals surface area contributed by atoms with Crippen LogP contribution in [0.5, 0.6) is 0 Å². The zero-order valence-corrected chi connectivity index (χ0v) is 18.7. The van der Waals surface area contributed by atoms with Gasteiger partial charge in [0.25, 0.3) is 11.5 Å². The van der Waals surface area contributed by atoms with Crippen molar-refractivity contribution in [3.8, 4) is 10.6 Å². The van der Waals surface area contributed by atoms with Crippen LogP contribution in [0.15, 0.2) is 65.5 Å². The van der Waals surface area contributed by atoms with Gasteiger partial charge in [0.2, 0.25) is 4.96 Å². The summed E-state index contributed by atoms with van der Waals surface area (Å²) in [6, 6.07) is 18.4. The monoisotopic (exact) mass is 465 g/mol. The molecule has 9 heteroatoms. The molecular formula is C23H20ClN5O2S. The molecular weight excluding hydrogens is 446 g/mol. The summed E-state index contributed by atoms with van der Waals surface area (Å²) in [5, 5.41) is 5.66. The third-order valence-electron chi connectivity index (χ3n) is 5.47. The summed E-state index contributed by atoms with van der Waals surface area (Å²) in [5.41, 5.74) is 2.02. The van der Waals surface area contributed by atoms with Gasteiger partial charge in [-0.3, -0.25) is 14.5 Å². The molecule has 1 aliphatic heterocycles. The first-order valence-corrected chi connectivity index (χ1v) is 11.5. The highest BCUT2D eigenvalue weighted by atomic mass is 35.5. The zero-order valence-electron chi connectivity index (χ0n) is 17.1. The summed E-state index contributed by atoms with van der Waals surface area (Å²) in [7, 11) is 0. The zero-order chi connectivity index (χ0) is 22.1. The maximum atomic E-state index is 12.8. The van der Waals surface area contributed by atoms with E-state index in [-0.39, 0.29) is 11.5 Å². The molecule has 0 spiro atoms. The molecule has 1 amide bonds. The van der Waals surface area contributed by atoms with Gasteiger partial charge in [-0.2, -0.15) is 9.61 Å². The molecule has 1 saturated heterocycles. The van der Waals surface area contributed by atoms with Gasteiger partial charge in [-0.1, -0.05) is 65.4 Å². The van der Waals surface area contributed by atoms with Crippen LogP contribution in [0.25, 0.3) is 15.5 Å². The van der Waals surface area contributed by atoms with E-state index in [0.29, 0.717) is 54.0 Å². The van der Waals surface area contributed by atoms with Gasteiger partial charge >= 0.3 is 0 Å². The lowest BCUT2D eigenvalue weighted by Crippen LogP contribution is -2.48. The Labute approximate surface area is 193 Å². The van der Waals surface area contributed by atoms with Gasteiger partial charge in [-0.25, -0.2) is 4.98 Å². The first-order chi connectivity index (χ1) is 15.6. The number of piperazine rings is 1. The van der Waals surface area contributed by atoms with Gasteiger partial charge in [0.05, 0.1) is 16.3 Å². The molecule has 4 aromatic rings. The Morgan fingerprint density at radius 1 is 1.00 bits per heavy atom. The van der Waals surface area contributed by atoms with E-state index in [9.17, 15) is 9.59 Å². The normalized spacial score (nSPS) is 14.7. The summed E-state index contributed by atoms with van der Waals surface area (Å²) in [6.07, 6.45) is 0. The van der Waals surface area contributed by atoms with Crippen LogP contribution >= 0.6 is 22.9 Å². The van der Waals surface area contributed by atoms with Crippen LogP contribution in [-0.2, 0) is 6.54 Å². The molecule has 1 aliphatic rings. The predicted octanol–water partition coefficient (Wildman–Crippen LogP) is 3.43. The van der Waals surface area contributed by atoms with E-state index in [1.807, 2.05) is 47.4 Å². The van der Waals surface area contributed by atoms with Crippen molar-refractivity contribution in [3.05, 3.63) is 87.3 Å². The van der Waals surface area contributed by atoms with Crippen LogP contribution in [0, 0.1) is 0 Å². The Balaban J connectivity index is 1.28. The number of fused-ring (bicyclic) bond motifs is 1. The molecule has 0 bridgehead atoms. The third-order valence-corrected chi connectivity index (χ3v) is 6.76. The number of halogens is 1. The highest BCUT2D eigenvalue weighted by Crippen LogP contribution is 2.24. The van der Waals surface area contributed by atoms with E-state index < -0.39 is 0 Å². The molecule has 5 rings (SSSR count). The molecule has 32 heavy (non-hydrogen) atoms. The van der Waals surface area contributed by atoms with Crippen molar-refractivity contribution in [3.63, 3.8) is 0 Å². The average Bonchev–Trinajstić information content (AvgIpc) is 3.25. The maximum absolute atomic E-state index is 12.8. The molecule has 1 fully saturated rings. The highest BCUT2D eigenvalue weighted by Gasteiger charge is 2.24. The number of carbonyl (C=O) groups is 1. The standard InChI is InChI=1S/C23H20ClN5O2S/c24-19-9-5-4-8-18(19)22(31)28-12-10-27(11-13-28)15-17-14-20(30)29-23(25-17)32-21(26-29)16-6-2-1-3-7-16/h1-9,14H,10-13,15H2. The van der Waals surface area contributed by atoms with Gasteiger partial charge in [0.1, 0.15) is 5.01 Å². The fraction of sp³-hybridized carbons (Fsp3) is 0.217. The molecule has 0 aliphatic carbocycles. The van der Waals surface area contributed by atoms with Crippen LogP contribution in [0.4, 0.5) is 0 Å². The Morgan fingerprint density at radius 3 is 2.47 bits per heavy atom. The van der Waals surface area contributed by atoms with Gasteiger partial charge in [-0.15, -0.1) is 0 Å². The van der Waals surface area contributed by atoms with Crippen LogP contribution in [-0.4, -0.2) is 56.5 Å². The fourth-order valence-corrected chi connectivity index (χ4v) is 4.92. The molecule has 2 aromatic carbocycles. The molecule has 7 nitrogen and oxygen atoms in total. The van der Waals surface area contributed by atoms with Crippen molar-refractivity contribution in [1.82, 2.24) is 24.4 Å². The number of carbonyl (C=O) groups excluding carboxylic acids is 1. The lowest BCUT2D eigenvalue weighted by molar-refractivity contribution is 0.0627. The van der Waals surface area contributed by atoms with E-state index >= 15 is 0 Å². The smallest absolute Gasteiger partial charge is 0.275 e. The number of hydrogen-bond donors (Lipinski definition) is 0. The number of nitrogens with zero attached hydrogens (tertiary/aromatic N) is 5. The van der Waals surface area contributed by atoms with Crippen LogP contribution < -0.4 is 5.56 Å². The van der Waals surface area contributed by atoms with E-state index in [1.54, 1.807) is 18.2 Å². The predicted molar refractivity (Wildman–Crippen MR) is 125 cm³/mol. The van der Waals surface area contributed by atoms with E-state index in [1.165, 1.54) is 15.9 Å². The number of amides is 1. The van der Waals surface area contributed by atoms with Crippen molar-refractivity contribution >= 4 is 33.8 Å². The second-order valence-electron chi connectivity index (χ2n) is 7.60. The number of hydrogen-bond acceptors (Lipinski definition) is 6. The Hall–Kier alpha value is -3.07. The largest absolute Gasteiger partial charge is 0.336 e. The Morgan fingerprint density at radius 2 is 1.72 bits per heavy atom. The molecule has 0 atom stereocenters. The lowest BCUT2D eigenvalue weighted by Gasteiger charge is -2.34. The number of rotatable bonds is 4. The van der Waals surface area contributed by atoms with E-state index in [4.69, 9.17) is 11.6 Å².